The number of amides is 1. The number of hydrogen-bond acceptors (Lipinski definition) is 4. The van der Waals surface area contributed by atoms with Crippen LogP contribution in [0.25, 0.3) is 11.0 Å². The molecule has 0 aliphatic carbocycles. The highest BCUT2D eigenvalue weighted by atomic mass is 35.5. The molecule has 0 aliphatic rings. The number of carbonyl (C=O) groups is 1. The molecule has 1 atom stereocenters. The van der Waals surface area contributed by atoms with Crippen molar-refractivity contribution >= 4 is 28.5 Å². The molecule has 1 N–H and O–H groups in total. The van der Waals surface area contributed by atoms with Crippen molar-refractivity contribution in [2.45, 2.75) is 26.3 Å². The molecular formula is C18H19ClN4O2. The van der Waals surface area contributed by atoms with E-state index in [0.29, 0.717) is 16.1 Å². The van der Waals surface area contributed by atoms with Crippen LogP contribution in [0.1, 0.15) is 31.0 Å². The predicted octanol–water partition coefficient (Wildman–Crippen LogP) is 2.95. The number of halogens is 1. The van der Waals surface area contributed by atoms with Crippen molar-refractivity contribution in [3.8, 4) is 0 Å². The van der Waals surface area contributed by atoms with E-state index in [1.807, 2.05) is 19.1 Å². The van der Waals surface area contributed by atoms with Gasteiger partial charge in [-0.1, -0.05) is 47.6 Å². The fourth-order valence-electron chi connectivity index (χ4n) is 2.49. The van der Waals surface area contributed by atoms with E-state index in [1.165, 1.54) is 10.4 Å². The molecule has 3 rings (SSSR count). The van der Waals surface area contributed by atoms with Gasteiger partial charge in [0.2, 0.25) is 0 Å². The summed E-state index contributed by atoms with van der Waals surface area (Å²) >= 11 is 5.96. The lowest BCUT2D eigenvalue weighted by atomic mass is 10.1. The van der Waals surface area contributed by atoms with E-state index in [1.54, 1.807) is 18.2 Å². The molecule has 0 bridgehead atoms. The van der Waals surface area contributed by atoms with Crippen LogP contribution in [0.3, 0.4) is 0 Å². The minimum absolute atomic E-state index is 0.107. The zero-order valence-electron chi connectivity index (χ0n) is 14.1. The SMILES string of the molecule is CCc1ccc([C@H](C)NC(=O)COn2nnc3ccc(Cl)cc32)cc1. The Morgan fingerprint density at radius 2 is 2.04 bits per heavy atom. The second kappa shape index (κ2) is 7.53. The Bertz CT molecular complexity index is 876. The highest BCUT2D eigenvalue weighted by Crippen LogP contribution is 2.16. The van der Waals surface area contributed by atoms with Crippen LogP contribution >= 0.6 is 11.6 Å². The quantitative estimate of drug-likeness (QED) is 0.735. The van der Waals surface area contributed by atoms with E-state index in [-0.39, 0.29) is 18.6 Å². The van der Waals surface area contributed by atoms with Gasteiger partial charge in [-0.2, -0.15) is 0 Å². The van der Waals surface area contributed by atoms with Gasteiger partial charge in [0.05, 0.1) is 6.04 Å². The first kappa shape index (κ1) is 17.2. The Kier molecular flexibility index (Phi) is 5.19. The third-order valence-corrected chi connectivity index (χ3v) is 4.20. The van der Waals surface area contributed by atoms with Crippen LogP contribution in [0.2, 0.25) is 5.02 Å². The summed E-state index contributed by atoms with van der Waals surface area (Å²) in [5.41, 5.74) is 3.57. The summed E-state index contributed by atoms with van der Waals surface area (Å²) in [4.78, 5) is 18.8. The minimum Gasteiger partial charge on any atom is -0.385 e. The fraction of sp³-hybridized carbons (Fsp3) is 0.278. The third kappa shape index (κ3) is 4.09. The second-order valence-corrected chi connectivity index (χ2v) is 6.19. The first-order chi connectivity index (χ1) is 12.1. The van der Waals surface area contributed by atoms with Crippen molar-refractivity contribution in [2.75, 3.05) is 6.61 Å². The number of aromatic nitrogens is 3. The summed E-state index contributed by atoms with van der Waals surface area (Å²) in [5, 5.41) is 11.3. The molecule has 0 aliphatic heterocycles. The van der Waals surface area contributed by atoms with E-state index < -0.39 is 0 Å². The molecule has 1 amide bonds. The average Bonchev–Trinajstić information content (AvgIpc) is 3.02. The first-order valence-electron chi connectivity index (χ1n) is 8.09. The summed E-state index contributed by atoms with van der Waals surface area (Å²) in [6.45, 7) is 3.88. The topological polar surface area (TPSA) is 69.0 Å². The van der Waals surface area contributed by atoms with Gasteiger partial charge in [-0.25, -0.2) is 0 Å². The molecule has 0 fully saturated rings. The summed E-state index contributed by atoms with van der Waals surface area (Å²) in [6.07, 6.45) is 0.991. The summed E-state index contributed by atoms with van der Waals surface area (Å²) in [5.74, 6) is -0.238. The summed E-state index contributed by atoms with van der Waals surface area (Å²) in [6, 6.07) is 13.2. The van der Waals surface area contributed by atoms with Gasteiger partial charge in [0.1, 0.15) is 11.0 Å². The van der Waals surface area contributed by atoms with Crippen molar-refractivity contribution in [2.24, 2.45) is 0 Å². The van der Waals surface area contributed by atoms with Gasteiger partial charge in [0.15, 0.2) is 6.61 Å². The van der Waals surface area contributed by atoms with Gasteiger partial charge in [-0.05, 0) is 47.9 Å². The lowest BCUT2D eigenvalue weighted by Crippen LogP contribution is -2.33. The monoisotopic (exact) mass is 358 g/mol. The normalized spacial score (nSPS) is 12.1. The highest BCUT2D eigenvalue weighted by molar-refractivity contribution is 6.31. The van der Waals surface area contributed by atoms with Crippen LogP contribution in [0.5, 0.6) is 0 Å². The Hall–Kier alpha value is -2.60. The number of nitrogens with zero attached hydrogens (tertiary/aromatic N) is 3. The minimum atomic E-state index is -0.238. The maximum absolute atomic E-state index is 12.1. The highest BCUT2D eigenvalue weighted by Gasteiger charge is 2.12. The van der Waals surface area contributed by atoms with Crippen molar-refractivity contribution in [3.63, 3.8) is 0 Å². The number of benzene rings is 2. The fourth-order valence-corrected chi connectivity index (χ4v) is 2.66. The van der Waals surface area contributed by atoms with E-state index in [4.69, 9.17) is 16.4 Å². The molecule has 1 aromatic heterocycles. The van der Waals surface area contributed by atoms with Gasteiger partial charge in [0.25, 0.3) is 5.91 Å². The molecule has 0 saturated heterocycles. The van der Waals surface area contributed by atoms with Crippen molar-refractivity contribution in [3.05, 3.63) is 58.6 Å². The van der Waals surface area contributed by atoms with Gasteiger partial charge in [0, 0.05) is 5.02 Å². The zero-order chi connectivity index (χ0) is 17.8. The number of fused-ring (bicyclic) bond motifs is 1. The first-order valence-corrected chi connectivity index (χ1v) is 8.47. The third-order valence-electron chi connectivity index (χ3n) is 3.96. The van der Waals surface area contributed by atoms with Crippen LogP contribution < -0.4 is 10.2 Å². The maximum atomic E-state index is 12.1. The smallest absolute Gasteiger partial charge is 0.261 e. The van der Waals surface area contributed by atoms with Crippen LogP contribution in [-0.2, 0) is 11.2 Å². The molecule has 3 aromatic rings. The number of aryl methyl sites for hydroxylation is 1. The average molecular weight is 359 g/mol. The Balaban J connectivity index is 1.59. The van der Waals surface area contributed by atoms with E-state index in [2.05, 4.69) is 34.7 Å². The maximum Gasteiger partial charge on any atom is 0.261 e. The molecule has 7 heteroatoms. The van der Waals surface area contributed by atoms with Crippen LogP contribution in [0.15, 0.2) is 42.5 Å². The van der Waals surface area contributed by atoms with Crippen LogP contribution in [0, 0.1) is 0 Å². The van der Waals surface area contributed by atoms with Crippen molar-refractivity contribution in [1.82, 2.24) is 20.5 Å². The molecule has 6 nitrogen and oxygen atoms in total. The molecule has 0 unspecified atom stereocenters. The van der Waals surface area contributed by atoms with E-state index >= 15 is 0 Å². The number of hydrogen-bond donors (Lipinski definition) is 1. The molecule has 1 heterocycles. The lowest BCUT2D eigenvalue weighted by Gasteiger charge is -2.15. The number of nitrogens with one attached hydrogen (secondary N) is 1. The second-order valence-electron chi connectivity index (χ2n) is 5.75. The Morgan fingerprint density at radius 3 is 2.76 bits per heavy atom. The molecular weight excluding hydrogens is 340 g/mol. The van der Waals surface area contributed by atoms with E-state index in [9.17, 15) is 4.79 Å². The van der Waals surface area contributed by atoms with Gasteiger partial charge in [-0.3, -0.25) is 4.79 Å². The van der Waals surface area contributed by atoms with Gasteiger partial charge < -0.3 is 10.2 Å². The molecule has 130 valence electrons. The molecule has 0 saturated carbocycles. The van der Waals surface area contributed by atoms with Gasteiger partial charge in [-0.15, -0.1) is 5.10 Å². The number of carbonyl (C=O) groups excluding carboxylic acids is 1. The number of rotatable bonds is 6. The van der Waals surface area contributed by atoms with Crippen molar-refractivity contribution in [1.29, 1.82) is 0 Å². The van der Waals surface area contributed by atoms with Crippen molar-refractivity contribution < 1.29 is 9.63 Å². The molecule has 0 radical (unpaired) electrons. The Morgan fingerprint density at radius 1 is 1.28 bits per heavy atom. The predicted molar refractivity (Wildman–Crippen MR) is 96.4 cm³/mol. The molecule has 0 spiro atoms. The largest absolute Gasteiger partial charge is 0.385 e. The standard InChI is InChI=1S/C18H19ClN4O2/c1-3-13-4-6-14(7-5-13)12(2)20-18(24)11-25-23-17-10-15(19)8-9-16(17)21-22-23/h4-10,12H,3,11H2,1-2H3,(H,20,24)/t12-/m0/s1. The van der Waals surface area contributed by atoms with Crippen LogP contribution in [0.4, 0.5) is 0 Å². The molecule has 2 aromatic carbocycles. The molecule has 25 heavy (non-hydrogen) atoms. The van der Waals surface area contributed by atoms with Crippen LogP contribution in [-0.4, -0.2) is 27.7 Å². The van der Waals surface area contributed by atoms with Gasteiger partial charge >= 0.3 is 0 Å². The van der Waals surface area contributed by atoms with E-state index in [0.717, 1.165) is 12.0 Å². The Labute approximate surface area is 150 Å². The lowest BCUT2D eigenvalue weighted by molar-refractivity contribution is -0.127. The summed E-state index contributed by atoms with van der Waals surface area (Å²) in [7, 11) is 0. The zero-order valence-corrected chi connectivity index (χ0v) is 14.8. The summed E-state index contributed by atoms with van der Waals surface area (Å²) < 4.78 is 0.